The quantitative estimate of drug-likeness (QED) is 0.696. The van der Waals surface area contributed by atoms with Gasteiger partial charge in [0.15, 0.2) is 5.78 Å². The van der Waals surface area contributed by atoms with Crippen molar-refractivity contribution >= 4 is 21.7 Å². The molecule has 0 aliphatic carbocycles. The zero-order chi connectivity index (χ0) is 9.26. The number of carbonyl (C=O) groups excluding carboxylic acids is 1. The van der Waals surface area contributed by atoms with Gasteiger partial charge in [-0.1, -0.05) is 22.0 Å². The van der Waals surface area contributed by atoms with Crippen LogP contribution in [-0.2, 0) is 11.2 Å². The van der Waals surface area contributed by atoms with Gasteiger partial charge in [-0.2, -0.15) is 0 Å². The molecule has 1 aromatic carbocycles. The lowest BCUT2D eigenvalue weighted by Crippen LogP contribution is -2.06. The summed E-state index contributed by atoms with van der Waals surface area (Å²) in [6.45, 7) is 0.851. The number of carbonyl (C=O) groups is 1. The van der Waals surface area contributed by atoms with Gasteiger partial charge in [-0.25, -0.2) is 0 Å². The Labute approximate surface area is 85.0 Å². The lowest BCUT2D eigenvalue weighted by molar-refractivity contribution is 0.0788. The van der Waals surface area contributed by atoms with E-state index >= 15 is 0 Å². The first-order chi connectivity index (χ1) is 6.27. The third-order valence-corrected chi connectivity index (χ3v) is 2.61. The van der Waals surface area contributed by atoms with Crippen molar-refractivity contribution in [3.63, 3.8) is 0 Å². The van der Waals surface area contributed by atoms with Crippen molar-refractivity contribution in [3.8, 4) is 0 Å². The van der Waals surface area contributed by atoms with Crippen molar-refractivity contribution in [2.45, 2.75) is 6.42 Å². The Kier molecular flexibility index (Phi) is 2.47. The van der Waals surface area contributed by atoms with E-state index in [2.05, 4.69) is 15.9 Å². The molecule has 0 unspecified atom stereocenters. The smallest absolute Gasteiger partial charge is 0.188 e. The van der Waals surface area contributed by atoms with E-state index in [1.165, 1.54) is 0 Å². The van der Waals surface area contributed by atoms with Crippen LogP contribution in [0.4, 0.5) is 0 Å². The van der Waals surface area contributed by atoms with Crippen LogP contribution in [0.3, 0.4) is 0 Å². The molecule has 0 fully saturated rings. The number of benzene rings is 1. The molecule has 0 saturated heterocycles. The molecule has 0 saturated carbocycles. The Morgan fingerprint density at radius 1 is 1.38 bits per heavy atom. The summed E-state index contributed by atoms with van der Waals surface area (Å²) in [7, 11) is 0. The molecule has 0 aromatic heterocycles. The molecule has 0 radical (unpaired) electrons. The van der Waals surface area contributed by atoms with Crippen molar-refractivity contribution in [2.24, 2.45) is 0 Å². The van der Waals surface area contributed by atoms with E-state index in [9.17, 15) is 4.79 Å². The van der Waals surface area contributed by atoms with Crippen molar-refractivity contribution < 1.29 is 9.53 Å². The van der Waals surface area contributed by atoms with Crippen LogP contribution in [-0.4, -0.2) is 19.0 Å². The summed E-state index contributed by atoms with van der Waals surface area (Å²) in [6.07, 6.45) is 0.828. The molecule has 68 valence electrons. The molecule has 0 amide bonds. The molecule has 1 aromatic rings. The second kappa shape index (κ2) is 3.60. The number of Topliss-reactive ketones (excluding diaryl/α,β-unsaturated/α-hetero) is 1. The lowest BCUT2D eigenvalue weighted by atomic mass is 10.0. The maximum absolute atomic E-state index is 11.5. The SMILES string of the molecule is O=C1COCCc2ccc(Br)cc21. The van der Waals surface area contributed by atoms with Gasteiger partial charge in [-0.05, 0) is 24.1 Å². The molecule has 1 heterocycles. The highest BCUT2D eigenvalue weighted by Gasteiger charge is 2.15. The summed E-state index contributed by atoms with van der Waals surface area (Å²) < 4.78 is 6.11. The zero-order valence-electron chi connectivity index (χ0n) is 7.05. The summed E-state index contributed by atoms with van der Waals surface area (Å²) >= 11 is 3.35. The second-order valence-corrected chi connectivity index (χ2v) is 3.94. The van der Waals surface area contributed by atoms with E-state index in [0.717, 1.165) is 22.0 Å². The number of hydrogen-bond acceptors (Lipinski definition) is 2. The highest BCUT2D eigenvalue weighted by Crippen LogP contribution is 2.19. The molecule has 1 aliphatic rings. The molecule has 0 bridgehead atoms. The number of halogens is 1. The maximum Gasteiger partial charge on any atom is 0.188 e. The largest absolute Gasteiger partial charge is 0.373 e. The van der Waals surface area contributed by atoms with Gasteiger partial charge in [-0.15, -0.1) is 0 Å². The van der Waals surface area contributed by atoms with Gasteiger partial charge in [0.1, 0.15) is 6.61 Å². The normalized spacial score (nSPS) is 16.5. The minimum absolute atomic E-state index is 0.0776. The van der Waals surface area contributed by atoms with Crippen molar-refractivity contribution in [3.05, 3.63) is 33.8 Å². The molecule has 0 atom stereocenters. The monoisotopic (exact) mass is 240 g/mol. The number of ether oxygens (including phenoxy) is 1. The van der Waals surface area contributed by atoms with E-state index < -0.39 is 0 Å². The molecule has 2 nitrogen and oxygen atoms in total. The van der Waals surface area contributed by atoms with Gasteiger partial charge < -0.3 is 4.74 Å². The Balaban J connectivity index is 2.49. The Hall–Kier alpha value is -0.670. The number of hydrogen-bond donors (Lipinski definition) is 0. The fourth-order valence-electron chi connectivity index (χ4n) is 1.45. The molecule has 1 aliphatic heterocycles. The van der Waals surface area contributed by atoms with E-state index in [1.807, 2.05) is 18.2 Å². The molecule has 3 heteroatoms. The summed E-state index contributed by atoms with van der Waals surface area (Å²) in [5.41, 5.74) is 1.89. The number of rotatable bonds is 0. The highest BCUT2D eigenvalue weighted by atomic mass is 79.9. The predicted molar refractivity (Wildman–Crippen MR) is 53.0 cm³/mol. The number of ketones is 1. The minimum atomic E-state index is 0.0776. The molecule has 0 N–H and O–H groups in total. The topological polar surface area (TPSA) is 26.3 Å². The molecule has 13 heavy (non-hydrogen) atoms. The van der Waals surface area contributed by atoms with Crippen LogP contribution in [0, 0.1) is 0 Å². The molecular weight excluding hydrogens is 232 g/mol. The minimum Gasteiger partial charge on any atom is -0.373 e. The lowest BCUT2D eigenvalue weighted by Gasteiger charge is -2.02. The van der Waals surface area contributed by atoms with Crippen LogP contribution in [0.5, 0.6) is 0 Å². The van der Waals surface area contributed by atoms with Gasteiger partial charge in [0.25, 0.3) is 0 Å². The summed E-state index contributed by atoms with van der Waals surface area (Å²) in [5, 5.41) is 0. The first-order valence-electron chi connectivity index (χ1n) is 4.17. The summed E-state index contributed by atoms with van der Waals surface area (Å²) in [6, 6.07) is 5.80. The number of fused-ring (bicyclic) bond motifs is 1. The first kappa shape index (κ1) is 8.91. The molecule has 2 rings (SSSR count). The van der Waals surface area contributed by atoms with Gasteiger partial charge in [-0.3, -0.25) is 4.79 Å². The fraction of sp³-hybridized carbons (Fsp3) is 0.300. The van der Waals surface area contributed by atoms with Crippen LogP contribution < -0.4 is 0 Å². The standard InChI is InChI=1S/C10H9BrO2/c11-8-2-1-7-3-4-13-6-10(12)9(7)5-8/h1-2,5H,3-4,6H2. The van der Waals surface area contributed by atoms with Crippen molar-refractivity contribution in [1.29, 1.82) is 0 Å². The molecular formula is C10H9BrO2. The predicted octanol–water partition coefficient (Wildman–Crippen LogP) is 2.20. The maximum atomic E-state index is 11.5. The zero-order valence-corrected chi connectivity index (χ0v) is 8.63. The van der Waals surface area contributed by atoms with E-state index in [1.54, 1.807) is 0 Å². The Morgan fingerprint density at radius 3 is 3.08 bits per heavy atom. The van der Waals surface area contributed by atoms with Crippen LogP contribution in [0.15, 0.2) is 22.7 Å². The average molecular weight is 241 g/mol. The van der Waals surface area contributed by atoms with Crippen molar-refractivity contribution in [1.82, 2.24) is 0 Å². The van der Waals surface area contributed by atoms with Crippen LogP contribution in [0.2, 0.25) is 0 Å². The Morgan fingerprint density at radius 2 is 2.23 bits per heavy atom. The van der Waals surface area contributed by atoms with Gasteiger partial charge >= 0.3 is 0 Å². The average Bonchev–Trinajstić information content (AvgIpc) is 2.29. The van der Waals surface area contributed by atoms with Gasteiger partial charge in [0.05, 0.1) is 6.61 Å². The van der Waals surface area contributed by atoms with Crippen LogP contribution in [0.1, 0.15) is 15.9 Å². The third-order valence-electron chi connectivity index (χ3n) is 2.12. The Bertz CT molecular complexity index is 347. The van der Waals surface area contributed by atoms with Crippen molar-refractivity contribution in [2.75, 3.05) is 13.2 Å². The highest BCUT2D eigenvalue weighted by molar-refractivity contribution is 9.10. The summed E-state index contributed by atoms with van der Waals surface area (Å²) in [4.78, 5) is 11.5. The van der Waals surface area contributed by atoms with E-state index in [0.29, 0.717) is 6.61 Å². The van der Waals surface area contributed by atoms with Gasteiger partial charge in [0, 0.05) is 10.0 Å². The third kappa shape index (κ3) is 1.81. The summed E-state index contributed by atoms with van der Waals surface area (Å²) in [5.74, 6) is 0.0776. The fourth-order valence-corrected chi connectivity index (χ4v) is 1.81. The first-order valence-corrected chi connectivity index (χ1v) is 4.96. The van der Waals surface area contributed by atoms with E-state index in [-0.39, 0.29) is 12.4 Å². The van der Waals surface area contributed by atoms with Gasteiger partial charge in [0.2, 0.25) is 0 Å². The molecule has 0 spiro atoms. The van der Waals surface area contributed by atoms with Crippen LogP contribution >= 0.6 is 15.9 Å². The van der Waals surface area contributed by atoms with Crippen LogP contribution in [0.25, 0.3) is 0 Å². The van der Waals surface area contributed by atoms with E-state index in [4.69, 9.17) is 4.74 Å². The second-order valence-electron chi connectivity index (χ2n) is 3.03.